The van der Waals surface area contributed by atoms with Crippen LogP contribution in [0, 0.1) is 5.82 Å². The van der Waals surface area contributed by atoms with Gasteiger partial charge in [-0.05, 0) is 18.1 Å². The molecule has 1 fully saturated rings. The van der Waals surface area contributed by atoms with Gasteiger partial charge in [0.1, 0.15) is 20.6 Å². The average molecular weight is 354 g/mol. The molecule has 9 heteroatoms. The van der Waals surface area contributed by atoms with E-state index < -0.39 is 23.3 Å². The first-order valence-electron chi connectivity index (χ1n) is 8.00. The standard InChI is InChI=1S/C17H13BF2N4O2/c18-9-1-2-11-12(3-9)17(4-13(17)20)8-24(15(11)26)7-14(25)23-16-21-5-10(19)6-22-16/h1-3,5-6,13H,4,7-8H2,(H,21,22,23,25)/t13-,17-/m1/s1. The summed E-state index contributed by atoms with van der Waals surface area (Å²) in [4.78, 5) is 33.5. The molecule has 1 aliphatic carbocycles. The maximum absolute atomic E-state index is 14.2. The number of nitrogens with zero attached hydrogens (tertiary/aromatic N) is 3. The summed E-state index contributed by atoms with van der Waals surface area (Å²) in [5, 5.41) is 2.39. The number of fused-ring (bicyclic) bond motifs is 2. The van der Waals surface area contributed by atoms with Crippen LogP contribution in [0.1, 0.15) is 22.3 Å². The number of carbonyl (C=O) groups excluding carboxylic acids is 2. The monoisotopic (exact) mass is 354 g/mol. The first-order valence-corrected chi connectivity index (χ1v) is 8.00. The molecule has 0 bridgehead atoms. The maximum Gasteiger partial charge on any atom is 0.254 e. The normalized spacial score (nSPS) is 23.7. The molecule has 2 radical (unpaired) electrons. The Morgan fingerprint density at radius 2 is 2.08 bits per heavy atom. The Hall–Kier alpha value is -2.84. The van der Waals surface area contributed by atoms with E-state index in [9.17, 15) is 18.4 Å². The lowest BCUT2D eigenvalue weighted by Crippen LogP contribution is -2.48. The summed E-state index contributed by atoms with van der Waals surface area (Å²) in [5.41, 5.74) is 0.630. The molecule has 1 aromatic heterocycles. The summed E-state index contributed by atoms with van der Waals surface area (Å²) in [6, 6.07) is 4.78. The zero-order chi connectivity index (χ0) is 18.5. The van der Waals surface area contributed by atoms with Crippen molar-refractivity contribution in [3.63, 3.8) is 0 Å². The molecule has 26 heavy (non-hydrogen) atoms. The molecule has 2 amide bonds. The van der Waals surface area contributed by atoms with E-state index in [0.29, 0.717) is 16.6 Å². The molecular formula is C17H13BF2N4O2. The summed E-state index contributed by atoms with van der Waals surface area (Å²) in [6.45, 7) is -0.182. The first kappa shape index (κ1) is 16.6. The predicted octanol–water partition coefficient (Wildman–Crippen LogP) is 0.484. The predicted molar refractivity (Wildman–Crippen MR) is 89.5 cm³/mol. The smallest absolute Gasteiger partial charge is 0.254 e. The van der Waals surface area contributed by atoms with Crippen LogP contribution in [0.2, 0.25) is 0 Å². The number of alkyl halides is 1. The van der Waals surface area contributed by atoms with Crippen LogP contribution in [-0.4, -0.2) is 53.8 Å². The Balaban J connectivity index is 1.54. The number of anilines is 1. The van der Waals surface area contributed by atoms with Gasteiger partial charge in [0, 0.05) is 17.5 Å². The Kier molecular flexibility index (Phi) is 3.75. The first-order chi connectivity index (χ1) is 12.4. The van der Waals surface area contributed by atoms with Crippen LogP contribution in [0.5, 0.6) is 0 Å². The quantitative estimate of drug-likeness (QED) is 0.814. The van der Waals surface area contributed by atoms with Crippen molar-refractivity contribution in [3.8, 4) is 0 Å². The number of benzene rings is 1. The van der Waals surface area contributed by atoms with Gasteiger partial charge in [-0.15, -0.1) is 0 Å². The van der Waals surface area contributed by atoms with E-state index in [2.05, 4.69) is 15.3 Å². The Morgan fingerprint density at radius 3 is 2.73 bits per heavy atom. The lowest BCUT2D eigenvalue weighted by molar-refractivity contribution is -0.117. The minimum Gasteiger partial charge on any atom is -0.328 e. The Bertz CT molecular complexity index is 908. The van der Waals surface area contributed by atoms with Gasteiger partial charge in [-0.25, -0.2) is 18.7 Å². The van der Waals surface area contributed by atoms with Crippen LogP contribution >= 0.6 is 0 Å². The van der Waals surface area contributed by atoms with Crippen molar-refractivity contribution in [3.05, 3.63) is 47.5 Å². The highest BCUT2D eigenvalue weighted by Crippen LogP contribution is 2.54. The van der Waals surface area contributed by atoms with Gasteiger partial charge in [0.15, 0.2) is 5.82 Å². The molecule has 6 nitrogen and oxygen atoms in total. The van der Waals surface area contributed by atoms with Crippen molar-refractivity contribution in [2.75, 3.05) is 18.4 Å². The summed E-state index contributed by atoms with van der Waals surface area (Å²) < 4.78 is 27.0. The number of rotatable bonds is 3. The van der Waals surface area contributed by atoms with E-state index in [1.807, 2.05) is 0 Å². The van der Waals surface area contributed by atoms with Crippen LogP contribution in [0.3, 0.4) is 0 Å². The van der Waals surface area contributed by atoms with E-state index in [0.717, 1.165) is 12.4 Å². The largest absolute Gasteiger partial charge is 0.328 e. The molecule has 1 spiro atoms. The maximum atomic E-state index is 14.2. The second-order valence-electron chi connectivity index (χ2n) is 6.57. The SMILES string of the molecule is [B]c1ccc2c(c1)[C@@]1(C[C@H]1F)CN(CC(=O)Nc1ncc(F)cn1)C2=O. The number of aromatic nitrogens is 2. The highest BCUT2D eigenvalue weighted by Gasteiger charge is 2.61. The van der Waals surface area contributed by atoms with Crippen LogP contribution < -0.4 is 10.8 Å². The lowest BCUT2D eigenvalue weighted by atomic mass is 9.82. The number of hydrogen-bond acceptors (Lipinski definition) is 4. The van der Waals surface area contributed by atoms with Crippen LogP contribution in [0.25, 0.3) is 0 Å². The average Bonchev–Trinajstić information content (AvgIpc) is 3.25. The van der Waals surface area contributed by atoms with Crippen molar-refractivity contribution in [1.29, 1.82) is 0 Å². The highest BCUT2D eigenvalue weighted by atomic mass is 19.1. The third-order valence-electron chi connectivity index (χ3n) is 4.76. The van der Waals surface area contributed by atoms with Crippen LogP contribution in [0.4, 0.5) is 14.7 Å². The molecule has 0 unspecified atom stereocenters. The molecule has 2 aromatic rings. The van der Waals surface area contributed by atoms with Crippen LogP contribution in [-0.2, 0) is 10.2 Å². The van der Waals surface area contributed by atoms with Gasteiger partial charge in [-0.3, -0.25) is 14.9 Å². The Morgan fingerprint density at radius 1 is 1.38 bits per heavy atom. The van der Waals surface area contributed by atoms with E-state index in [1.165, 1.54) is 4.90 Å². The molecule has 2 heterocycles. The van der Waals surface area contributed by atoms with Gasteiger partial charge < -0.3 is 4.90 Å². The number of amides is 2. The minimum atomic E-state index is -1.08. The summed E-state index contributed by atoms with van der Waals surface area (Å²) in [5.74, 6) is -1.61. The number of halogens is 2. The van der Waals surface area contributed by atoms with Gasteiger partial charge in [0.2, 0.25) is 11.9 Å². The van der Waals surface area contributed by atoms with Gasteiger partial charge in [0.25, 0.3) is 5.91 Å². The fraction of sp³-hybridized carbons (Fsp3) is 0.294. The van der Waals surface area contributed by atoms with E-state index >= 15 is 0 Å². The third kappa shape index (κ3) is 2.73. The zero-order valence-electron chi connectivity index (χ0n) is 13.6. The summed E-state index contributed by atoms with van der Waals surface area (Å²) in [6.07, 6.45) is 1.04. The number of hydrogen-bond donors (Lipinski definition) is 1. The molecule has 1 aromatic carbocycles. The Labute approximate surface area is 149 Å². The molecule has 2 atom stereocenters. The molecule has 0 saturated heterocycles. The molecule has 2 aliphatic rings. The van der Waals surface area contributed by atoms with Crippen molar-refractivity contribution in [1.82, 2.24) is 14.9 Å². The third-order valence-corrected chi connectivity index (χ3v) is 4.76. The molecule has 1 saturated carbocycles. The molecular weight excluding hydrogens is 341 g/mol. The van der Waals surface area contributed by atoms with Crippen molar-refractivity contribution < 1.29 is 18.4 Å². The number of nitrogens with one attached hydrogen (secondary N) is 1. The highest BCUT2D eigenvalue weighted by molar-refractivity contribution is 6.32. The van der Waals surface area contributed by atoms with Crippen molar-refractivity contribution >= 4 is 31.1 Å². The van der Waals surface area contributed by atoms with Gasteiger partial charge in [-0.2, -0.15) is 0 Å². The molecule has 1 aliphatic heterocycles. The fourth-order valence-corrected chi connectivity index (χ4v) is 3.37. The zero-order valence-corrected chi connectivity index (χ0v) is 13.6. The second kappa shape index (κ2) is 5.86. The topological polar surface area (TPSA) is 75.2 Å². The molecule has 1 N–H and O–H groups in total. The van der Waals surface area contributed by atoms with Crippen LogP contribution in [0.15, 0.2) is 30.6 Å². The molecule has 130 valence electrons. The van der Waals surface area contributed by atoms with E-state index in [4.69, 9.17) is 7.85 Å². The summed E-state index contributed by atoms with van der Waals surface area (Å²) >= 11 is 0. The number of carbonyl (C=O) groups is 2. The van der Waals surface area contributed by atoms with E-state index in [1.54, 1.807) is 18.2 Å². The van der Waals surface area contributed by atoms with Crippen molar-refractivity contribution in [2.24, 2.45) is 0 Å². The van der Waals surface area contributed by atoms with Gasteiger partial charge in [0.05, 0.1) is 12.4 Å². The minimum absolute atomic E-state index is 0.0708. The second-order valence-corrected chi connectivity index (χ2v) is 6.57. The van der Waals surface area contributed by atoms with Crippen molar-refractivity contribution in [2.45, 2.75) is 18.0 Å². The van der Waals surface area contributed by atoms with Gasteiger partial charge >= 0.3 is 0 Å². The van der Waals surface area contributed by atoms with Gasteiger partial charge in [-0.1, -0.05) is 17.6 Å². The van der Waals surface area contributed by atoms with E-state index in [-0.39, 0.29) is 31.4 Å². The lowest BCUT2D eigenvalue weighted by Gasteiger charge is -2.34. The summed E-state index contributed by atoms with van der Waals surface area (Å²) in [7, 11) is 5.78. The fourth-order valence-electron chi connectivity index (χ4n) is 3.37. The molecule has 4 rings (SSSR count).